The highest BCUT2D eigenvalue weighted by molar-refractivity contribution is 4.96. The van der Waals surface area contributed by atoms with Crippen LogP contribution in [0.1, 0.15) is 6.42 Å². The Morgan fingerprint density at radius 3 is 2.88 bits per heavy atom. The largest absolute Gasteiger partial charge is 0.392 e. The number of aliphatic hydroxyl groups excluding tert-OH is 1. The van der Waals surface area contributed by atoms with Crippen LogP contribution in [-0.2, 0) is 0 Å². The molecule has 2 heteroatoms. The first-order valence-electron chi connectivity index (χ1n) is 3.26. The summed E-state index contributed by atoms with van der Waals surface area (Å²) in [5, 5.41) is 12.3. The first kappa shape index (κ1) is 4.77. The van der Waals surface area contributed by atoms with Crippen LogP contribution in [0.4, 0.5) is 0 Å². The van der Waals surface area contributed by atoms with Gasteiger partial charge in [-0.1, -0.05) is 0 Å². The molecule has 0 unspecified atom stereocenters. The van der Waals surface area contributed by atoms with E-state index in [2.05, 4.69) is 5.32 Å². The lowest BCUT2D eigenvalue weighted by atomic mass is 10.1. The van der Waals surface area contributed by atoms with Gasteiger partial charge in [-0.05, 0) is 24.8 Å². The zero-order valence-corrected chi connectivity index (χ0v) is 4.80. The number of aliphatic hydroxyl groups is 1. The second-order valence-electron chi connectivity index (χ2n) is 2.89. The lowest BCUT2D eigenvalue weighted by Crippen LogP contribution is -2.35. The van der Waals surface area contributed by atoms with Crippen molar-refractivity contribution >= 4 is 0 Å². The van der Waals surface area contributed by atoms with Crippen LogP contribution >= 0.6 is 0 Å². The number of fused-ring (bicyclic) bond motifs is 1. The van der Waals surface area contributed by atoms with Gasteiger partial charge in [-0.3, -0.25) is 0 Å². The van der Waals surface area contributed by atoms with Crippen LogP contribution < -0.4 is 5.32 Å². The van der Waals surface area contributed by atoms with Crippen molar-refractivity contribution in [2.75, 3.05) is 13.1 Å². The van der Waals surface area contributed by atoms with E-state index < -0.39 is 0 Å². The van der Waals surface area contributed by atoms with Gasteiger partial charge in [0.15, 0.2) is 0 Å². The fourth-order valence-electron chi connectivity index (χ4n) is 1.54. The number of hydrogen-bond donors (Lipinski definition) is 2. The standard InChI is InChI=1S/C6H11NO/c8-6-3-7-2-4-1-5(4)6/h4-8H,1-3H2/t4-,5-,6+/m0/s1. The zero-order valence-electron chi connectivity index (χ0n) is 4.80. The van der Waals surface area contributed by atoms with Crippen LogP contribution in [0, 0.1) is 11.8 Å². The summed E-state index contributed by atoms with van der Waals surface area (Å²) in [5.41, 5.74) is 0. The van der Waals surface area contributed by atoms with Crippen LogP contribution in [0.15, 0.2) is 0 Å². The fourth-order valence-corrected chi connectivity index (χ4v) is 1.54. The third kappa shape index (κ3) is 0.565. The topological polar surface area (TPSA) is 32.3 Å². The van der Waals surface area contributed by atoms with Gasteiger partial charge in [0.05, 0.1) is 6.10 Å². The summed E-state index contributed by atoms with van der Waals surface area (Å²) in [6.45, 7) is 1.96. The van der Waals surface area contributed by atoms with Crippen molar-refractivity contribution in [3.05, 3.63) is 0 Å². The first-order valence-corrected chi connectivity index (χ1v) is 3.26. The van der Waals surface area contributed by atoms with Gasteiger partial charge in [-0.15, -0.1) is 0 Å². The molecule has 2 N–H and O–H groups in total. The van der Waals surface area contributed by atoms with Gasteiger partial charge in [0.2, 0.25) is 0 Å². The minimum atomic E-state index is -0.0336. The minimum Gasteiger partial charge on any atom is -0.392 e. The van der Waals surface area contributed by atoms with E-state index in [1.807, 2.05) is 0 Å². The summed E-state index contributed by atoms with van der Waals surface area (Å²) in [6, 6.07) is 0. The van der Waals surface area contributed by atoms with E-state index in [-0.39, 0.29) is 6.10 Å². The Bertz CT molecular complexity index is 105. The number of piperidine rings is 1. The molecule has 0 aromatic heterocycles. The Balaban J connectivity index is 1.99. The van der Waals surface area contributed by atoms with Crippen molar-refractivity contribution in [2.24, 2.45) is 11.8 Å². The number of β-amino-alcohol motifs (C(OH)–C–C–N with tert-alkyl or cyclic N) is 1. The number of hydrogen-bond acceptors (Lipinski definition) is 2. The van der Waals surface area contributed by atoms with Gasteiger partial charge in [0.1, 0.15) is 0 Å². The van der Waals surface area contributed by atoms with Crippen molar-refractivity contribution in [3.63, 3.8) is 0 Å². The smallest absolute Gasteiger partial charge is 0.0695 e. The second kappa shape index (κ2) is 1.45. The average Bonchev–Trinajstić information content (AvgIpc) is 2.45. The molecule has 2 aliphatic rings. The van der Waals surface area contributed by atoms with E-state index in [4.69, 9.17) is 5.11 Å². The van der Waals surface area contributed by atoms with E-state index in [1.54, 1.807) is 0 Å². The van der Waals surface area contributed by atoms with E-state index in [9.17, 15) is 0 Å². The fraction of sp³-hybridized carbons (Fsp3) is 1.00. The monoisotopic (exact) mass is 113 g/mol. The summed E-state index contributed by atoms with van der Waals surface area (Å²) < 4.78 is 0. The molecule has 0 bridgehead atoms. The Kier molecular flexibility index (Phi) is 0.866. The van der Waals surface area contributed by atoms with Gasteiger partial charge in [0, 0.05) is 6.54 Å². The van der Waals surface area contributed by atoms with Gasteiger partial charge in [-0.2, -0.15) is 0 Å². The number of nitrogens with one attached hydrogen (secondary N) is 1. The molecule has 1 saturated carbocycles. The minimum absolute atomic E-state index is 0.0336. The highest BCUT2D eigenvalue weighted by Crippen LogP contribution is 2.42. The predicted molar refractivity (Wildman–Crippen MR) is 30.5 cm³/mol. The van der Waals surface area contributed by atoms with Crippen LogP contribution in [-0.4, -0.2) is 24.3 Å². The average molecular weight is 113 g/mol. The molecule has 0 amide bonds. The Morgan fingerprint density at radius 1 is 1.38 bits per heavy atom. The summed E-state index contributed by atoms with van der Waals surface area (Å²) in [7, 11) is 0. The molecule has 0 aromatic rings. The van der Waals surface area contributed by atoms with Crippen LogP contribution in [0.2, 0.25) is 0 Å². The highest BCUT2D eigenvalue weighted by Gasteiger charge is 2.44. The first-order chi connectivity index (χ1) is 3.88. The van der Waals surface area contributed by atoms with E-state index in [0.717, 1.165) is 19.0 Å². The van der Waals surface area contributed by atoms with E-state index >= 15 is 0 Å². The van der Waals surface area contributed by atoms with Crippen molar-refractivity contribution < 1.29 is 5.11 Å². The molecular weight excluding hydrogens is 102 g/mol. The molecule has 1 heterocycles. The quantitative estimate of drug-likeness (QED) is 0.447. The van der Waals surface area contributed by atoms with Crippen molar-refractivity contribution in [1.29, 1.82) is 0 Å². The Morgan fingerprint density at radius 2 is 2.25 bits per heavy atom. The molecular formula is C6H11NO. The highest BCUT2D eigenvalue weighted by atomic mass is 16.3. The Hall–Kier alpha value is -0.0800. The summed E-state index contributed by atoms with van der Waals surface area (Å²) in [6.07, 6.45) is 1.22. The van der Waals surface area contributed by atoms with Crippen molar-refractivity contribution in [1.82, 2.24) is 5.32 Å². The molecule has 2 nitrogen and oxygen atoms in total. The van der Waals surface area contributed by atoms with E-state index in [1.165, 1.54) is 6.42 Å². The van der Waals surface area contributed by atoms with Crippen LogP contribution in [0.25, 0.3) is 0 Å². The summed E-state index contributed by atoms with van der Waals surface area (Å²) in [4.78, 5) is 0. The zero-order chi connectivity index (χ0) is 5.56. The third-order valence-corrected chi connectivity index (χ3v) is 2.23. The predicted octanol–water partition coefficient (Wildman–Crippen LogP) is -0.413. The molecule has 2 fully saturated rings. The molecule has 46 valence electrons. The molecule has 0 radical (unpaired) electrons. The molecule has 1 aliphatic heterocycles. The second-order valence-corrected chi connectivity index (χ2v) is 2.89. The maximum absolute atomic E-state index is 9.16. The van der Waals surface area contributed by atoms with Crippen molar-refractivity contribution in [3.8, 4) is 0 Å². The van der Waals surface area contributed by atoms with Gasteiger partial charge in [-0.25, -0.2) is 0 Å². The van der Waals surface area contributed by atoms with Gasteiger partial charge < -0.3 is 10.4 Å². The molecule has 3 atom stereocenters. The normalized spacial score (nSPS) is 52.9. The molecule has 2 rings (SSSR count). The van der Waals surface area contributed by atoms with E-state index in [0.29, 0.717) is 5.92 Å². The lowest BCUT2D eigenvalue weighted by Gasteiger charge is -2.16. The van der Waals surface area contributed by atoms with Gasteiger partial charge in [0.25, 0.3) is 0 Å². The van der Waals surface area contributed by atoms with Crippen molar-refractivity contribution in [2.45, 2.75) is 12.5 Å². The lowest BCUT2D eigenvalue weighted by molar-refractivity contribution is 0.128. The summed E-state index contributed by atoms with van der Waals surface area (Å²) >= 11 is 0. The maximum atomic E-state index is 9.16. The van der Waals surface area contributed by atoms with Gasteiger partial charge >= 0.3 is 0 Å². The number of rotatable bonds is 0. The molecule has 8 heavy (non-hydrogen) atoms. The SMILES string of the molecule is O[C@@H]1CNC[C@@H]2C[C@@H]21. The van der Waals surface area contributed by atoms with Crippen LogP contribution in [0.5, 0.6) is 0 Å². The Labute approximate surface area is 48.9 Å². The molecule has 0 spiro atoms. The molecule has 1 saturated heterocycles. The van der Waals surface area contributed by atoms with Crippen LogP contribution in [0.3, 0.4) is 0 Å². The third-order valence-electron chi connectivity index (χ3n) is 2.23. The molecule has 1 aliphatic carbocycles. The maximum Gasteiger partial charge on any atom is 0.0695 e. The summed E-state index contributed by atoms with van der Waals surface area (Å²) in [5.74, 6) is 1.48. The molecule has 0 aromatic carbocycles.